The highest BCUT2D eigenvalue weighted by molar-refractivity contribution is 7.14. The van der Waals surface area contributed by atoms with Gasteiger partial charge in [0.1, 0.15) is 23.0 Å². The molecule has 0 atom stereocenters. The summed E-state index contributed by atoms with van der Waals surface area (Å²) in [5.41, 5.74) is 1.75. The van der Waals surface area contributed by atoms with E-state index in [4.69, 9.17) is 9.47 Å². The summed E-state index contributed by atoms with van der Waals surface area (Å²) >= 11 is 1.33. The van der Waals surface area contributed by atoms with Crippen LogP contribution < -0.4 is 20.1 Å². The summed E-state index contributed by atoms with van der Waals surface area (Å²) in [7, 11) is 3.10. The van der Waals surface area contributed by atoms with Gasteiger partial charge < -0.3 is 20.1 Å². The topological polar surface area (TPSA) is 85.4 Å². The van der Waals surface area contributed by atoms with Crippen LogP contribution in [0.1, 0.15) is 16.2 Å². The summed E-state index contributed by atoms with van der Waals surface area (Å²) in [4.78, 5) is 21.1. The standard InChI is InChI=1S/C18H18N4O3S/c1-11-5-4-6-16(19-11)22-18-21-14(10-26-18)17(23)20-13-8-7-12(24-2)9-15(13)25-3/h4-10H,1-3H3,(H,20,23)(H,19,21,22). The van der Waals surface area contributed by atoms with E-state index in [1.807, 2.05) is 25.1 Å². The zero-order valence-corrected chi connectivity index (χ0v) is 15.4. The average molecular weight is 370 g/mol. The summed E-state index contributed by atoms with van der Waals surface area (Å²) in [5, 5.41) is 8.17. The van der Waals surface area contributed by atoms with Gasteiger partial charge in [-0.25, -0.2) is 9.97 Å². The molecule has 1 amide bonds. The van der Waals surface area contributed by atoms with Crippen molar-refractivity contribution in [1.29, 1.82) is 0 Å². The van der Waals surface area contributed by atoms with Crippen molar-refractivity contribution in [3.05, 3.63) is 53.2 Å². The third-order valence-electron chi connectivity index (χ3n) is 3.52. The van der Waals surface area contributed by atoms with Crippen LogP contribution in [-0.4, -0.2) is 30.1 Å². The SMILES string of the molecule is COc1ccc(NC(=O)c2csc(Nc3cccc(C)n3)n2)c(OC)c1. The Hall–Kier alpha value is -3.13. The van der Waals surface area contributed by atoms with Crippen LogP contribution in [0.2, 0.25) is 0 Å². The molecule has 0 aliphatic carbocycles. The number of aryl methyl sites for hydroxylation is 1. The van der Waals surface area contributed by atoms with E-state index < -0.39 is 0 Å². The Morgan fingerprint density at radius 1 is 1.12 bits per heavy atom. The number of anilines is 3. The molecule has 0 aliphatic heterocycles. The first-order chi connectivity index (χ1) is 12.6. The molecule has 0 spiro atoms. The van der Waals surface area contributed by atoms with E-state index in [-0.39, 0.29) is 5.91 Å². The first-order valence-corrected chi connectivity index (χ1v) is 8.66. The predicted octanol–water partition coefficient (Wildman–Crippen LogP) is 3.86. The molecule has 26 heavy (non-hydrogen) atoms. The number of hydrogen-bond donors (Lipinski definition) is 2. The van der Waals surface area contributed by atoms with E-state index in [2.05, 4.69) is 20.6 Å². The van der Waals surface area contributed by atoms with E-state index >= 15 is 0 Å². The molecule has 0 radical (unpaired) electrons. The Morgan fingerprint density at radius 2 is 1.96 bits per heavy atom. The van der Waals surface area contributed by atoms with Gasteiger partial charge in [-0.05, 0) is 31.2 Å². The van der Waals surface area contributed by atoms with E-state index in [0.717, 1.165) is 5.69 Å². The molecule has 3 aromatic rings. The van der Waals surface area contributed by atoms with E-state index in [1.165, 1.54) is 18.4 Å². The molecule has 2 heterocycles. The lowest BCUT2D eigenvalue weighted by Crippen LogP contribution is -2.13. The summed E-state index contributed by atoms with van der Waals surface area (Å²) in [6.07, 6.45) is 0. The van der Waals surface area contributed by atoms with Gasteiger partial charge in [-0.3, -0.25) is 4.79 Å². The Labute approximate surface area is 155 Å². The third kappa shape index (κ3) is 4.09. The van der Waals surface area contributed by atoms with E-state index in [0.29, 0.717) is 33.8 Å². The summed E-state index contributed by atoms with van der Waals surface area (Å²) in [6.45, 7) is 1.91. The number of pyridine rings is 1. The fraction of sp³-hybridized carbons (Fsp3) is 0.167. The Morgan fingerprint density at radius 3 is 2.69 bits per heavy atom. The van der Waals surface area contributed by atoms with Gasteiger partial charge in [0.05, 0.1) is 19.9 Å². The summed E-state index contributed by atoms with van der Waals surface area (Å²) in [6, 6.07) is 10.8. The van der Waals surface area contributed by atoms with Crippen molar-refractivity contribution in [3.8, 4) is 11.5 Å². The van der Waals surface area contributed by atoms with Gasteiger partial charge >= 0.3 is 0 Å². The molecule has 0 saturated carbocycles. The van der Waals surface area contributed by atoms with Crippen LogP contribution in [0.5, 0.6) is 11.5 Å². The largest absolute Gasteiger partial charge is 0.497 e. The molecule has 134 valence electrons. The number of thiazole rings is 1. The maximum absolute atomic E-state index is 12.5. The maximum Gasteiger partial charge on any atom is 0.275 e. The normalized spacial score (nSPS) is 10.3. The number of nitrogens with one attached hydrogen (secondary N) is 2. The minimum Gasteiger partial charge on any atom is -0.497 e. The Kier molecular flexibility index (Phi) is 5.33. The van der Waals surface area contributed by atoms with Gasteiger partial charge in [-0.15, -0.1) is 11.3 Å². The monoisotopic (exact) mass is 370 g/mol. The smallest absolute Gasteiger partial charge is 0.275 e. The lowest BCUT2D eigenvalue weighted by molar-refractivity contribution is 0.102. The van der Waals surface area contributed by atoms with Crippen LogP contribution in [0.15, 0.2) is 41.8 Å². The minimum atomic E-state index is -0.324. The van der Waals surface area contributed by atoms with Gasteiger partial charge in [0.2, 0.25) is 0 Å². The minimum absolute atomic E-state index is 0.308. The first kappa shape index (κ1) is 17.7. The molecule has 1 aromatic carbocycles. The number of carbonyl (C=O) groups excluding carboxylic acids is 1. The third-order valence-corrected chi connectivity index (χ3v) is 4.27. The van der Waals surface area contributed by atoms with Crippen LogP contribution in [0.25, 0.3) is 0 Å². The average Bonchev–Trinajstić information content (AvgIpc) is 3.10. The molecule has 0 aliphatic rings. The number of ether oxygens (including phenoxy) is 2. The molecule has 8 heteroatoms. The van der Waals surface area contributed by atoms with Crippen LogP contribution in [0.3, 0.4) is 0 Å². The molecule has 2 N–H and O–H groups in total. The fourth-order valence-electron chi connectivity index (χ4n) is 2.25. The number of nitrogens with zero attached hydrogens (tertiary/aromatic N) is 2. The number of amides is 1. The molecular weight excluding hydrogens is 352 g/mol. The number of benzene rings is 1. The van der Waals surface area contributed by atoms with E-state index in [9.17, 15) is 4.79 Å². The van der Waals surface area contributed by atoms with E-state index in [1.54, 1.807) is 30.7 Å². The van der Waals surface area contributed by atoms with Crippen LogP contribution in [-0.2, 0) is 0 Å². The number of rotatable bonds is 6. The van der Waals surface area contributed by atoms with Crippen molar-refractivity contribution < 1.29 is 14.3 Å². The van der Waals surface area contributed by atoms with Gasteiger partial charge in [0.25, 0.3) is 5.91 Å². The first-order valence-electron chi connectivity index (χ1n) is 7.78. The zero-order valence-electron chi connectivity index (χ0n) is 14.6. The van der Waals surface area contributed by atoms with Crippen molar-refractivity contribution in [2.45, 2.75) is 6.92 Å². The second-order valence-corrected chi connectivity index (χ2v) is 6.21. The lowest BCUT2D eigenvalue weighted by Gasteiger charge is -2.10. The van der Waals surface area contributed by atoms with Crippen molar-refractivity contribution in [1.82, 2.24) is 9.97 Å². The molecule has 0 saturated heterocycles. The molecule has 0 unspecified atom stereocenters. The number of aromatic nitrogens is 2. The Balaban J connectivity index is 1.72. The molecule has 0 fully saturated rings. The summed E-state index contributed by atoms with van der Waals surface area (Å²) in [5.74, 6) is 1.51. The Bertz CT molecular complexity index is 926. The highest BCUT2D eigenvalue weighted by Gasteiger charge is 2.14. The van der Waals surface area contributed by atoms with Crippen molar-refractivity contribution in [3.63, 3.8) is 0 Å². The van der Waals surface area contributed by atoms with Crippen LogP contribution in [0, 0.1) is 6.92 Å². The molecule has 3 rings (SSSR count). The molecular formula is C18H18N4O3S. The second-order valence-electron chi connectivity index (χ2n) is 5.35. The maximum atomic E-state index is 12.5. The van der Waals surface area contributed by atoms with Crippen molar-refractivity contribution >= 4 is 33.9 Å². The highest BCUT2D eigenvalue weighted by Crippen LogP contribution is 2.29. The second kappa shape index (κ2) is 7.83. The molecule has 2 aromatic heterocycles. The number of hydrogen-bond acceptors (Lipinski definition) is 7. The van der Waals surface area contributed by atoms with Gasteiger partial charge in [0.15, 0.2) is 5.13 Å². The van der Waals surface area contributed by atoms with Gasteiger partial charge in [-0.2, -0.15) is 0 Å². The van der Waals surface area contributed by atoms with Gasteiger partial charge in [0, 0.05) is 17.1 Å². The van der Waals surface area contributed by atoms with Gasteiger partial charge in [-0.1, -0.05) is 6.07 Å². The number of methoxy groups -OCH3 is 2. The molecule has 0 bridgehead atoms. The van der Waals surface area contributed by atoms with Crippen LogP contribution in [0.4, 0.5) is 16.6 Å². The summed E-state index contributed by atoms with van der Waals surface area (Å²) < 4.78 is 10.4. The lowest BCUT2D eigenvalue weighted by atomic mass is 10.2. The molecule has 7 nitrogen and oxygen atoms in total. The predicted molar refractivity (Wildman–Crippen MR) is 102 cm³/mol. The van der Waals surface area contributed by atoms with Crippen LogP contribution >= 0.6 is 11.3 Å². The van der Waals surface area contributed by atoms with Crippen molar-refractivity contribution in [2.75, 3.05) is 24.9 Å². The van der Waals surface area contributed by atoms with Crippen molar-refractivity contribution in [2.24, 2.45) is 0 Å². The number of carbonyl (C=O) groups is 1. The zero-order chi connectivity index (χ0) is 18.5. The fourth-order valence-corrected chi connectivity index (χ4v) is 2.94. The quantitative estimate of drug-likeness (QED) is 0.685. The highest BCUT2D eigenvalue weighted by atomic mass is 32.1.